The number of fused-ring (bicyclic) bond motifs is 5. The Balaban J connectivity index is 2.19. The fourth-order valence-electron chi connectivity index (χ4n) is 3.60. The number of H-pyrrole nitrogens is 1. The van der Waals surface area contributed by atoms with Crippen LogP contribution in [0.5, 0.6) is 0 Å². The number of aromatic nitrogens is 2. The van der Waals surface area contributed by atoms with Crippen LogP contribution in [-0.2, 0) is 6.42 Å². The van der Waals surface area contributed by atoms with E-state index < -0.39 is 0 Å². The van der Waals surface area contributed by atoms with Gasteiger partial charge in [0, 0.05) is 22.7 Å². The Morgan fingerprint density at radius 3 is 2.76 bits per heavy atom. The number of pyridine rings is 1. The van der Waals surface area contributed by atoms with Crippen LogP contribution >= 0.6 is 0 Å². The molecule has 1 aliphatic carbocycles. The Labute approximate surface area is 123 Å². The second-order valence-corrected chi connectivity index (χ2v) is 6.89. The first-order valence-electron chi connectivity index (χ1n) is 7.39. The number of rotatable bonds is 0. The van der Waals surface area contributed by atoms with Gasteiger partial charge in [-0.3, -0.25) is 4.79 Å². The molecule has 0 aliphatic heterocycles. The van der Waals surface area contributed by atoms with Crippen molar-refractivity contribution in [2.75, 3.05) is 0 Å². The Morgan fingerprint density at radius 2 is 1.95 bits per heavy atom. The molecule has 0 atom stereocenters. The summed E-state index contributed by atoms with van der Waals surface area (Å²) in [4.78, 5) is 20.5. The predicted octanol–water partition coefficient (Wildman–Crippen LogP) is 4.18. The van der Waals surface area contributed by atoms with E-state index in [2.05, 4.69) is 35.9 Å². The predicted molar refractivity (Wildman–Crippen MR) is 84.8 cm³/mol. The van der Waals surface area contributed by atoms with Crippen LogP contribution in [-0.4, -0.2) is 15.8 Å². The Hall–Kier alpha value is -2.16. The number of carbonyl (C=O) groups is 1. The first kappa shape index (κ1) is 12.6. The molecule has 3 nitrogen and oxygen atoms in total. The summed E-state index contributed by atoms with van der Waals surface area (Å²) in [6.45, 7) is 6.30. The highest BCUT2D eigenvalue weighted by Crippen LogP contribution is 2.40. The zero-order valence-electron chi connectivity index (χ0n) is 12.6. The molecule has 2 aromatic heterocycles. The van der Waals surface area contributed by atoms with Gasteiger partial charge in [0.25, 0.3) is 0 Å². The molecule has 0 bridgehead atoms. The molecule has 0 unspecified atom stereocenters. The summed E-state index contributed by atoms with van der Waals surface area (Å²) in [6, 6.07) is 8.28. The normalized spacial score (nSPS) is 17.4. The molecule has 0 saturated carbocycles. The van der Waals surface area contributed by atoms with E-state index in [0.717, 1.165) is 28.7 Å². The van der Waals surface area contributed by atoms with Gasteiger partial charge in [-0.15, -0.1) is 0 Å². The maximum Gasteiger partial charge on any atom is 0.182 e. The molecular formula is C18H18N2O. The second kappa shape index (κ2) is 3.94. The van der Waals surface area contributed by atoms with Gasteiger partial charge in [0.2, 0.25) is 0 Å². The molecule has 0 radical (unpaired) electrons. The summed E-state index contributed by atoms with van der Waals surface area (Å²) in [6.07, 6.45) is 1.49. The Bertz CT molecular complexity index is 902. The number of hydrogen-bond acceptors (Lipinski definition) is 2. The molecule has 2 heterocycles. The average Bonchev–Trinajstić information content (AvgIpc) is 2.80. The fourth-order valence-corrected chi connectivity index (χ4v) is 3.60. The molecular weight excluding hydrogens is 260 g/mol. The molecule has 106 valence electrons. The molecule has 1 aromatic carbocycles. The van der Waals surface area contributed by atoms with Crippen LogP contribution in [0.4, 0.5) is 0 Å². The zero-order chi connectivity index (χ0) is 14.8. The second-order valence-electron chi connectivity index (χ2n) is 6.89. The maximum atomic E-state index is 12.5. The van der Waals surface area contributed by atoms with Crippen molar-refractivity contribution in [1.82, 2.24) is 9.97 Å². The maximum absolute atomic E-state index is 12.5. The highest BCUT2D eigenvalue weighted by atomic mass is 16.1. The van der Waals surface area contributed by atoms with E-state index in [4.69, 9.17) is 0 Å². The van der Waals surface area contributed by atoms with Gasteiger partial charge in [-0.1, -0.05) is 32.0 Å². The average molecular weight is 278 g/mol. The summed E-state index contributed by atoms with van der Waals surface area (Å²) >= 11 is 0. The SMILES string of the molecule is Cc1nc2c(c3c1[nH]c1ccccc13)CC(C)(C)CC2=O. The van der Waals surface area contributed by atoms with E-state index in [1.54, 1.807) is 0 Å². The molecule has 4 rings (SSSR count). The molecule has 3 heteroatoms. The number of nitrogens with one attached hydrogen (secondary N) is 1. The Kier molecular flexibility index (Phi) is 2.36. The number of para-hydroxylation sites is 1. The van der Waals surface area contributed by atoms with Crippen LogP contribution in [0, 0.1) is 12.3 Å². The van der Waals surface area contributed by atoms with Crippen LogP contribution in [0.1, 0.15) is 42.0 Å². The van der Waals surface area contributed by atoms with Crippen LogP contribution < -0.4 is 0 Å². The molecule has 0 fully saturated rings. The minimum atomic E-state index is 0.00627. The van der Waals surface area contributed by atoms with E-state index in [9.17, 15) is 4.79 Å². The molecule has 1 aliphatic rings. The van der Waals surface area contributed by atoms with E-state index >= 15 is 0 Å². The summed E-state index contributed by atoms with van der Waals surface area (Å²) < 4.78 is 0. The molecule has 3 aromatic rings. The quantitative estimate of drug-likeness (QED) is 0.670. The highest BCUT2D eigenvalue weighted by molar-refractivity contribution is 6.13. The van der Waals surface area contributed by atoms with Gasteiger partial charge in [-0.25, -0.2) is 4.98 Å². The summed E-state index contributed by atoms with van der Waals surface area (Å²) in [5.74, 6) is 0.177. The van der Waals surface area contributed by atoms with Gasteiger partial charge in [0.15, 0.2) is 5.78 Å². The monoisotopic (exact) mass is 278 g/mol. The molecule has 0 amide bonds. The van der Waals surface area contributed by atoms with Gasteiger partial charge in [0.1, 0.15) is 5.69 Å². The Morgan fingerprint density at radius 1 is 1.19 bits per heavy atom. The molecule has 21 heavy (non-hydrogen) atoms. The number of carbonyl (C=O) groups excluding carboxylic acids is 1. The third kappa shape index (κ3) is 1.73. The third-order valence-corrected chi connectivity index (χ3v) is 4.49. The van der Waals surface area contributed by atoms with Crippen molar-refractivity contribution in [1.29, 1.82) is 0 Å². The highest BCUT2D eigenvalue weighted by Gasteiger charge is 2.34. The minimum Gasteiger partial charge on any atom is -0.353 e. The van der Waals surface area contributed by atoms with Crippen molar-refractivity contribution in [2.45, 2.75) is 33.6 Å². The number of benzene rings is 1. The first-order chi connectivity index (χ1) is 9.96. The van der Waals surface area contributed by atoms with Crippen LogP contribution in [0.2, 0.25) is 0 Å². The van der Waals surface area contributed by atoms with E-state index in [0.29, 0.717) is 12.1 Å². The van der Waals surface area contributed by atoms with Crippen molar-refractivity contribution in [3.8, 4) is 0 Å². The van der Waals surface area contributed by atoms with E-state index in [1.807, 2.05) is 19.1 Å². The van der Waals surface area contributed by atoms with Crippen LogP contribution in [0.15, 0.2) is 24.3 Å². The van der Waals surface area contributed by atoms with Crippen LogP contribution in [0.3, 0.4) is 0 Å². The molecule has 0 saturated heterocycles. The number of hydrogen-bond donors (Lipinski definition) is 1. The number of aromatic amines is 1. The summed E-state index contributed by atoms with van der Waals surface area (Å²) in [5.41, 5.74) is 4.90. The lowest BCUT2D eigenvalue weighted by Crippen LogP contribution is -2.28. The lowest BCUT2D eigenvalue weighted by atomic mass is 9.74. The zero-order valence-corrected chi connectivity index (χ0v) is 12.6. The third-order valence-electron chi connectivity index (χ3n) is 4.49. The first-order valence-corrected chi connectivity index (χ1v) is 7.39. The number of ketones is 1. The summed E-state index contributed by atoms with van der Waals surface area (Å²) in [5, 5.41) is 2.38. The number of aryl methyl sites for hydroxylation is 1. The van der Waals surface area contributed by atoms with Crippen molar-refractivity contribution < 1.29 is 4.79 Å². The standard InChI is InChI=1S/C18H18N2O/c1-10-16-15(11-6-4-5-7-13(11)20-16)12-8-18(2,3)9-14(21)17(12)19-10/h4-7,20H,8-9H2,1-3H3. The fraction of sp³-hybridized carbons (Fsp3) is 0.333. The number of Topliss-reactive ketones (excluding diaryl/α,β-unsaturated/α-hetero) is 1. The van der Waals surface area contributed by atoms with Gasteiger partial charge in [0.05, 0.1) is 11.2 Å². The van der Waals surface area contributed by atoms with Crippen molar-refractivity contribution in [3.63, 3.8) is 0 Å². The van der Waals surface area contributed by atoms with Gasteiger partial charge in [-0.05, 0) is 30.4 Å². The lowest BCUT2D eigenvalue weighted by Gasteiger charge is -2.30. The number of nitrogens with zero attached hydrogens (tertiary/aromatic N) is 1. The van der Waals surface area contributed by atoms with Crippen LogP contribution in [0.25, 0.3) is 21.8 Å². The van der Waals surface area contributed by atoms with E-state index in [-0.39, 0.29) is 11.2 Å². The van der Waals surface area contributed by atoms with Gasteiger partial charge in [-0.2, -0.15) is 0 Å². The molecule has 1 N–H and O–H groups in total. The van der Waals surface area contributed by atoms with Crippen molar-refractivity contribution in [2.24, 2.45) is 5.41 Å². The van der Waals surface area contributed by atoms with E-state index in [1.165, 1.54) is 10.8 Å². The van der Waals surface area contributed by atoms with Gasteiger partial charge < -0.3 is 4.98 Å². The van der Waals surface area contributed by atoms with Crippen molar-refractivity contribution in [3.05, 3.63) is 41.2 Å². The topological polar surface area (TPSA) is 45.8 Å². The van der Waals surface area contributed by atoms with Crippen molar-refractivity contribution >= 4 is 27.6 Å². The smallest absolute Gasteiger partial charge is 0.182 e. The van der Waals surface area contributed by atoms with Gasteiger partial charge >= 0.3 is 0 Å². The summed E-state index contributed by atoms with van der Waals surface area (Å²) in [7, 11) is 0. The minimum absolute atomic E-state index is 0.00627. The largest absolute Gasteiger partial charge is 0.353 e. The molecule has 0 spiro atoms. The lowest BCUT2D eigenvalue weighted by molar-refractivity contribution is 0.0907.